The molecule has 3 N–H and O–H groups in total. The molecule has 0 aliphatic heterocycles. The van der Waals surface area contributed by atoms with Gasteiger partial charge in [-0.05, 0) is 48.9 Å². The molecule has 0 unspecified atom stereocenters. The van der Waals surface area contributed by atoms with Crippen LogP contribution in [-0.2, 0) is 4.79 Å². The van der Waals surface area contributed by atoms with Gasteiger partial charge in [-0.3, -0.25) is 9.59 Å². The molecule has 0 spiro atoms. The predicted octanol–water partition coefficient (Wildman–Crippen LogP) is 3.21. The van der Waals surface area contributed by atoms with Gasteiger partial charge in [0.25, 0.3) is 11.8 Å². The molecule has 0 atom stereocenters. The minimum atomic E-state index is -0.487. The molecule has 0 fully saturated rings. The molecule has 0 bridgehead atoms. The van der Waals surface area contributed by atoms with Crippen LogP contribution in [0.4, 0.5) is 0 Å². The first-order chi connectivity index (χ1) is 13.5. The van der Waals surface area contributed by atoms with Crippen LogP contribution in [0.1, 0.15) is 35.7 Å². The number of rotatable bonds is 9. The predicted molar refractivity (Wildman–Crippen MR) is 111 cm³/mol. The summed E-state index contributed by atoms with van der Waals surface area (Å²) in [6.45, 7) is 2.50. The molecule has 0 saturated heterocycles. The zero-order valence-corrected chi connectivity index (χ0v) is 17.0. The maximum Gasteiger partial charge on any atom is 0.259 e. The van der Waals surface area contributed by atoms with Crippen LogP contribution < -0.4 is 15.5 Å². The molecule has 148 valence electrons. The van der Waals surface area contributed by atoms with Crippen LogP contribution in [0.5, 0.6) is 11.5 Å². The Kier molecular flexibility index (Phi) is 8.48. The van der Waals surface area contributed by atoms with E-state index in [2.05, 4.69) is 38.7 Å². The monoisotopic (exact) mass is 447 g/mol. The minimum absolute atomic E-state index is 0.0385. The molecular formula is C20H22BrN3O4. The third-order valence-electron chi connectivity index (χ3n) is 3.68. The fraction of sp³-hybridized carbons (Fsp3) is 0.250. The number of hydrazone groups is 1. The summed E-state index contributed by atoms with van der Waals surface area (Å²) in [5.41, 5.74) is 3.17. The SMILES string of the molecule is CCCCOc1ccc(C(=O)NCC(=O)N/N=C/c2cc(Br)ccc2O)cc1. The van der Waals surface area contributed by atoms with Crippen molar-refractivity contribution in [1.82, 2.24) is 10.7 Å². The van der Waals surface area contributed by atoms with Crippen LogP contribution in [0.2, 0.25) is 0 Å². The number of carbonyl (C=O) groups is 2. The van der Waals surface area contributed by atoms with Crippen molar-refractivity contribution in [2.45, 2.75) is 19.8 Å². The summed E-state index contributed by atoms with van der Waals surface area (Å²) in [5.74, 6) is -0.119. The average molecular weight is 448 g/mol. The van der Waals surface area contributed by atoms with Gasteiger partial charge in [0.1, 0.15) is 11.5 Å². The number of hydrogen-bond donors (Lipinski definition) is 3. The second-order valence-electron chi connectivity index (χ2n) is 5.91. The number of nitrogens with zero attached hydrogens (tertiary/aromatic N) is 1. The highest BCUT2D eigenvalue weighted by Crippen LogP contribution is 2.19. The highest BCUT2D eigenvalue weighted by Gasteiger charge is 2.08. The first-order valence-corrected chi connectivity index (χ1v) is 9.60. The van der Waals surface area contributed by atoms with Gasteiger partial charge in [0.2, 0.25) is 0 Å². The molecule has 2 amide bonds. The Labute approximate surface area is 171 Å². The normalized spacial score (nSPS) is 10.6. The zero-order valence-electron chi connectivity index (χ0n) is 15.4. The lowest BCUT2D eigenvalue weighted by Crippen LogP contribution is -2.34. The molecule has 0 aromatic heterocycles. The van der Waals surface area contributed by atoms with E-state index in [0.29, 0.717) is 23.5 Å². The summed E-state index contributed by atoms with van der Waals surface area (Å²) in [7, 11) is 0. The molecule has 0 heterocycles. The number of carbonyl (C=O) groups excluding carboxylic acids is 2. The molecule has 2 aromatic carbocycles. The van der Waals surface area contributed by atoms with Gasteiger partial charge in [-0.15, -0.1) is 0 Å². The van der Waals surface area contributed by atoms with Crippen molar-refractivity contribution >= 4 is 34.0 Å². The second kappa shape index (κ2) is 11.1. The van der Waals surface area contributed by atoms with E-state index in [1.165, 1.54) is 12.3 Å². The third kappa shape index (κ3) is 7.03. The third-order valence-corrected chi connectivity index (χ3v) is 4.17. The van der Waals surface area contributed by atoms with E-state index in [-0.39, 0.29) is 18.2 Å². The molecule has 0 aliphatic rings. The van der Waals surface area contributed by atoms with E-state index in [0.717, 1.165) is 17.3 Å². The number of phenols is 1. The molecule has 28 heavy (non-hydrogen) atoms. The van der Waals surface area contributed by atoms with Crippen molar-refractivity contribution in [3.63, 3.8) is 0 Å². The van der Waals surface area contributed by atoms with Gasteiger partial charge in [-0.2, -0.15) is 5.10 Å². The first-order valence-electron chi connectivity index (χ1n) is 8.81. The second-order valence-corrected chi connectivity index (χ2v) is 6.82. The van der Waals surface area contributed by atoms with E-state index >= 15 is 0 Å². The number of unbranched alkanes of at least 4 members (excludes halogenated alkanes) is 1. The Balaban J connectivity index is 1.78. The summed E-state index contributed by atoms with van der Waals surface area (Å²) in [5, 5.41) is 16.0. The molecule has 0 saturated carbocycles. The standard InChI is InChI=1S/C20H22BrN3O4/c1-2-3-10-28-17-7-4-14(5-8-17)20(27)22-13-19(26)24-23-12-15-11-16(21)6-9-18(15)25/h4-9,11-12,25H,2-3,10,13H2,1H3,(H,22,27)(H,24,26)/b23-12+. The molecule has 2 aromatic rings. The van der Waals surface area contributed by atoms with Crippen molar-refractivity contribution in [2.24, 2.45) is 5.10 Å². The summed E-state index contributed by atoms with van der Waals surface area (Å²) in [4.78, 5) is 23.9. The van der Waals surface area contributed by atoms with Crippen LogP contribution in [0.25, 0.3) is 0 Å². The number of hydrogen-bond acceptors (Lipinski definition) is 5. The largest absolute Gasteiger partial charge is 0.507 e. The highest BCUT2D eigenvalue weighted by molar-refractivity contribution is 9.10. The van der Waals surface area contributed by atoms with E-state index in [1.807, 2.05) is 0 Å². The van der Waals surface area contributed by atoms with Gasteiger partial charge < -0.3 is 15.2 Å². The number of benzene rings is 2. The number of halogens is 1. The van der Waals surface area contributed by atoms with Crippen molar-refractivity contribution < 1.29 is 19.4 Å². The molecule has 8 heteroatoms. The van der Waals surface area contributed by atoms with E-state index < -0.39 is 5.91 Å². The first kappa shape index (κ1) is 21.4. The molecule has 2 rings (SSSR count). The number of ether oxygens (including phenoxy) is 1. The molecule has 0 aliphatic carbocycles. The lowest BCUT2D eigenvalue weighted by atomic mass is 10.2. The summed E-state index contributed by atoms with van der Waals surface area (Å²) in [6.07, 6.45) is 3.34. The Morgan fingerprint density at radius 1 is 1.21 bits per heavy atom. The van der Waals surface area contributed by atoms with Gasteiger partial charge in [-0.1, -0.05) is 29.3 Å². The Bertz CT molecular complexity index is 838. The topological polar surface area (TPSA) is 100 Å². The molecule has 0 radical (unpaired) electrons. The van der Waals surface area contributed by atoms with Crippen LogP contribution in [-0.4, -0.2) is 36.3 Å². The number of phenolic OH excluding ortho intramolecular Hbond substituents is 1. The number of aromatic hydroxyl groups is 1. The Morgan fingerprint density at radius 3 is 2.68 bits per heavy atom. The minimum Gasteiger partial charge on any atom is -0.507 e. The van der Waals surface area contributed by atoms with Crippen LogP contribution in [0, 0.1) is 0 Å². The number of nitrogens with one attached hydrogen (secondary N) is 2. The van der Waals surface area contributed by atoms with Gasteiger partial charge in [-0.25, -0.2) is 5.43 Å². The van der Waals surface area contributed by atoms with E-state index in [1.54, 1.807) is 36.4 Å². The Morgan fingerprint density at radius 2 is 1.96 bits per heavy atom. The maximum atomic E-state index is 12.1. The van der Waals surface area contributed by atoms with Crippen molar-refractivity contribution in [3.05, 3.63) is 58.1 Å². The van der Waals surface area contributed by atoms with Crippen molar-refractivity contribution in [1.29, 1.82) is 0 Å². The Hall–Kier alpha value is -2.87. The quantitative estimate of drug-likeness (QED) is 0.312. The summed E-state index contributed by atoms with van der Waals surface area (Å²) >= 11 is 3.28. The van der Waals surface area contributed by atoms with Crippen LogP contribution in [0.3, 0.4) is 0 Å². The fourth-order valence-corrected chi connectivity index (χ4v) is 2.52. The van der Waals surface area contributed by atoms with Gasteiger partial charge >= 0.3 is 0 Å². The van der Waals surface area contributed by atoms with Crippen molar-refractivity contribution in [2.75, 3.05) is 13.2 Å². The summed E-state index contributed by atoms with van der Waals surface area (Å²) < 4.78 is 6.31. The van der Waals surface area contributed by atoms with Crippen molar-refractivity contribution in [3.8, 4) is 11.5 Å². The highest BCUT2D eigenvalue weighted by atomic mass is 79.9. The smallest absolute Gasteiger partial charge is 0.259 e. The van der Waals surface area contributed by atoms with Gasteiger partial charge in [0, 0.05) is 15.6 Å². The molecule has 7 nitrogen and oxygen atoms in total. The maximum absolute atomic E-state index is 12.1. The van der Waals surface area contributed by atoms with Gasteiger partial charge in [0.15, 0.2) is 0 Å². The number of amides is 2. The van der Waals surface area contributed by atoms with Crippen LogP contribution >= 0.6 is 15.9 Å². The van der Waals surface area contributed by atoms with E-state index in [4.69, 9.17) is 4.74 Å². The van der Waals surface area contributed by atoms with Crippen LogP contribution in [0.15, 0.2) is 52.0 Å². The lowest BCUT2D eigenvalue weighted by Gasteiger charge is -2.07. The van der Waals surface area contributed by atoms with E-state index in [9.17, 15) is 14.7 Å². The fourth-order valence-electron chi connectivity index (χ4n) is 2.14. The van der Waals surface area contributed by atoms with Gasteiger partial charge in [0.05, 0.1) is 19.4 Å². The lowest BCUT2D eigenvalue weighted by molar-refractivity contribution is -0.120. The average Bonchev–Trinajstić information content (AvgIpc) is 2.69. The molecular weight excluding hydrogens is 426 g/mol. The summed E-state index contributed by atoms with van der Waals surface area (Å²) in [6, 6.07) is 11.6. The zero-order chi connectivity index (χ0) is 20.4.